The zero-order chi connectivity index (χ0) is 27.1. The molecule has 1 amide bonds. The Kier molecular flexibility index (Phi) is 6.48. The van der Waals surface area contributed by atoms with Gasteiger partial charge in [0.2, 0.25) is 0 Å². The van der Waals surface area contributed by atoms with Gasteiger partial charge in [0, 0.05) is 13.1 Å². The number of hydrogen-bond acceptors (Lipinski definition) is 7. The van der Waals surface area contributed by atoms with Gasteiger partial charge < -0.3 is 15.4 Å². The fraction of sp³-hybridized carbons (Fsp3) is 0.480. The van der Waals surface area contributed by atoms with Gasteiger partial charge in [0.25, 0.3) is 5.91 Å². The zero-order valence-corrected chi connectivity index (χ0v) is 20.5. The van der Waals surface area contributed by atoms with Gasteiger partial charge in [-0.05, 0) is 61.6 Å². The van der Waals surface area contributed by atoms with Gasteiger partial charge in [-0.2, -0.15) is 18.3 Å². The van der Waals surface area contributed by atoms with Crippen LogP contribution in [0.3, 0.4) is 0 Å². The van der Waals surface area contributed by atoms with Gasteiger partial charge in [-0.1, -0.05) is 6.07 Å². The van der Waals surface area contributed by atoms with E-state index < -0.39 is 23.5 Å². The minimum absolute atomic E-state index is 0.0231. The second kappa shape index (κ2) is 9.52. The third-order valence-electron chi connectivity index (χ3n) is 8.01. The number of esters is 1. The molecule has 38 heavy (non-hydrogen) atoms. The highest BCUT2D eigenvalue weighted by atomic mass is 19.4. The van der Waals surface area contributed by atoms with Crippen LogP contribution in [0.5, 0.6) is 0 Å². The fourth-order valence-electron chi connectivity index (χ4n) is 5.62. The van der Waals surface area contributed by atoms with Crippen LogP contribution in [-0.2, 0) is 22.3 Å². The molecule has 0 spiro atoms. The normalized spacial score (nSPS) is 22.9. The average molecular weight is 535 g/mol. The number of methoxy groups -OCH3 is 1. The van der Waals surface area contributed by atoms with E-state index in [1.165, 1.54) is 19.5 Å². The molecule has 0 atom stereocenters. The molecule has 13 heteroatoms. The van der Waals surface area contributed by atoms with Crippen molar-refractivity contribution in [3.8, 4) is 0 Å². The fourth-order valence-corrected chi connectivity index (χ4v) is 5.62. The van der Waals surface area contributed by atoms with Crippen LogP contribution in [0.4, 0.5) is 23.4 Å². The lowest BCUT2D eigenvalue weighted by atomic mass is 9.53. The molecule has 3 aromatic rings. The molecule has 3 fully saturated rings. The van der Waals surface area contributed by atoms with E-state index in [0.717, 1.165) is 38.5 Å². The number of rotatable bonds is 7. The smallest absolute Gasteiger partial charge is 0.419 e. The minimum atomic E-state index is -4.85. The van der Waals surface area contributed by atoms with Crippen molar-refractivity contribution in [2.45, 2.75) is 51.2 Å². The van der Waals surface area contributed by atoms with E-state index in [9.17, 15) is 27.2 Å². The molecule has 3 aliphatic carbocycles. The number of anilines is 1. The molecular formula is C25H26F4N6O3. The molecule has 9 nitrogen and oxygen atoms in total. The Hall–Kier alpha value is -3.77. The molecule has 3 aliphatic rings. The highest BCUT2D eigenvalue weighted by molar-refractivity contribution is 6.04. The minimum Gasteiger partial charge on any atom is -0.469 e. The zero-order valence-electron chi connectivity index (χ0n) is 20.5. The second-order valence-electron chi connectivity index (χ2n) is 10.1. The number of nitrogens with zero attached hydrogens (tertiary/aromatic N) is 3. The SMILES string of the molecule is COC(=O)C12CCC(CNc3n[nH]c4c(C(=O)NCc5ccc(F)c(C(F)(F)F)c5)ncnc34)(CC1)CC2. The number of H-pyrrole nitrogens is 1. The van der Waals surface area contributed by atoms with E-state index in [4.69, 9.17) is 4.74 Å². The van der Waals surface area contributed by atoms with E-state index >= 15 is 0 Å². The van der Waals surface area contributed by atoms with Crippen molar-refractivity contribution in [2.75, 3.05) is 19.0 Å². The number of alkyl halides is 3. The number of benzene rings is 1. The van der Waals surface area contributed by atoms with Gasteiger partial charge in [0.1, 0.15) is 23.2 Å². The predicted molar refractivity (Wildman–Crippen MR) is 127 cm³/mol. The number of ether oxygens (including phenoxy) is 1. The number of carbonyl (C=O) groups is 2. The first-order valence-electron chi connectivity index (χ1n) is 12.2. The lowest BCUT2D eigenvalue weighted by Crippen LogP contribution is -2.48. The Bertz CT molecular complexity index is 1360. The van der Waals surface area contributed by atoms with Crippen molar-refractivity contribution in [3.63, 3.8) is 0 Å². The quantitative estimate of drug-likeness (QED) is 0.304. The second-order valence-corrected chi connectivity index (χ2v) is 10.1. The highest BCUT2D eigenvalue weighted by Gasteiger charge is 2.53. The summed E-state index contributed by atoms with van der Waals surface area (Å²) in [5.74, 6) is -1.71. The van der Waals surface area contributed by atoms with Gasteiger partial charge in [0.15, 0.2) is 11.5 Å². The van der Waals surface area contributed by atoms with Crippen molar-refractivity contribution in [1.29, 1.82) is 0 Å². The van der Waals surface area contributed by atoms with E-state index in [2.05, 4.69) is 30.8 Å². The number of nitrogens with one attached hydrogen (secondary N) is 3. The van der Waals surface area contributed by atoms with E-state index in [1.807, 2.05) is 0 Å². The molecule has 2 heterocycles. The molecule has 202 valence electrons. The van der Waals surface area contributed by atoms with Crippen LogP contribution >= 0.6 is 0 Å². The summed E-state index contributed by atoms with van der Waals surface area (Å²) >= 11 is 0. The van der Waals surface area contributed by atoms with Crippen LogP contribution in [0.2, 0.25) is 0 Å². The third kappa shape index (κ3) is 4.65. The van der Waals surface area contributed by atoms with Crippen LogP contribution in [0.25, 0.3) is 11.0 Å². The van der Waals surface area contributed by atoms with Gasteiger partial charge >= 0.3 is 12.1 Å². The summed E-state index contributed by atoms with van der Waals surface area (Å²) in [7, 11) is 1.43. The Morgan fingerprint density at radius 2 is 1.82 bits per heavy atom. The Labute approximate surface area is 214 Å². The number of fused-ring (bicyclic) bond motifs is 4. The first kappa shape index (κ1) is 25.9. The summed E-state index contributed by atoms with van der Waals surface area (Å²) in [4.78, 5) is 33.3. The maximum absolute atomic E-state index is 13.5. The van der Waals surface area contributed by atoms with Crippen molar-refractivity contribution in [3.05, 3.63) is 47.2 Å². The standard InChI is InChI=1S/C25H26F4N6O3/c1-38-22(37)24-7-4-23(5-8-24,6-9-24)12-31-20-18-17(34-35-20)19(33-13-32-18)21(36)30-11-14-2-3-16(26)15(10-14)25(27,28)29/h2-3,10,13H,4-9,11-12H2,1H3,(H,30,36)(H2,31,34,35). The van der Waals surface area contributed by atoms with Crippen molar-refractivity contribution >= 4 is 28.7 Å². The predicted octanol–water partition coefficient (Wildman–Crippen LogP) is 4.37. The van der Waals surface area contributed by atoms with E-state index in [-0.39, 0.29) is 40.1 Å². The molecule has 0 unspecified atom stereocenters. The lowest BCUT2D eigenvalue weighted by molar-refractivity contribution is -0.162. The molecule has 3 saturated carbocycles. The highest BCUT2D eigenvalue weighted by Crippen LogP contribution is 2.57. The molecule has 2 aromatic heterocycles. The largest absolute Gasteiger partial charge is 0.469 e. The average Bonchev–Trinajstić information content (AvgIpc) is 3.34. The Morgan fingerprint density at radius 1 is 1.11 bits per heavy atom. The van der Waals surface area contributed by atoms with Crippen molar-refractivity contribution < 1.29 is 31.9 Å². The monoisotopic (exact) mass is 534 g/mol. The number of halogens is 4. The van der Waals surface area contributed by atoms with Crippen LogP contribution in [0.1, 0.15) is 60.1 Å². The van der Waals surface area contributed by atoms with Gasteiger partial charge in [-0.25, -0.2) is 14.4 Å². The van der Waals surface area contributed by atoms with Crippen LogP contribution < -0.4 is 10.6 Å². The number of carbonyl (C=O) groups excluding carboxylic acids is 2. The van der Waals surface area contributed by atoms with Crippen LogP contribution in [-0.4, -0.2) is 45.7 Å². The summed E-state index contributed by atoms with van der Waals surface area (Å²) in [6, 6.07) is 2.55. The first-order chi connectivity index (χ1) is 18.1. The first-order valence-corrected chi connectivity index (χ1v) is 12.2. The number of aromatic nitrogens is 4. The number of aromatic amines is 1. The molecular weight excluding hydrogens is 508 g/mol. The summed E-state index contributed by atoms with van der Waals surface area (Å²) in [6.07, 6.45) is 1.39. The topological polar surface area (TPSA) is 122 Å². The maximum Gasteiger partial charge on any atom is 0.419 e. The summed E-state index contributed by atoms with van der Waals surface area (Å²) in [5, 5.41) is 12.9. The Morgan fingerprint density at radius 3 is 2.47 bits per heavy atom. The molecule has 0 aliphatic heterocycles. The van der Waals surface area contributed by atoms with Crippen molar-refractivity contribution in [1.82, 2.24) is 25.5 Å². The molecule has 3 N–H and O–H groups in total. The molecule has 1 aromatic carbocycles. The Balaban J connectivity index is 1.26. The summed E-state index contributed by atoms with van der Waals surface area (Å²) < 4.78 is 57.5. The van der Waals surface area contributed by atoms with Gasteiger partial charge in [-0.3, -0.25) is 14.7 Å². The van der Waals surface area contributed by atoms with E-state index in [0.29, 0.717) is 30.0 Å². The number of amides is 1. The van der Waals surface area contributed by atoms with Crippen LogP contribution in [0, 0.1) is 16.6 Å². The molecule has 2 bridgehead atoms. The maximum atomic E-state index is 13.5. The number of hydrogen-bond donors (Lipinski definition) is 3. The van der Waals surface area contributed by atoms with E-state index in [1.54, 1.807) is 0 Å². The third-order valence-corrected chi connectivity index (χ3v) is 8.01. The molecule has 0 radical (unpaired) electrons. The van der Waals surface area contributed by atoms with Gasteiger partial charge in [0.05, 0.1) is 18.1 Å². The lowest BCUT2D eigenvalue weighted by Gasteiger charge is -2.51. The van der Waals surface area contributed by atoms with Gasteiger partial charge in [-0.15, -0.1) is 0 Å². The van der Waals surface area contributed by atoms with Crippen molar-refractivity contribution in [2.24, 2.45) is 10.8 Å². The van der Waals surface area contributed by atoms with Crippen LogP contribution in [0.15, 0.2) is 24.5 Å². The molecule has 0 saturated heterocycles. The summed E-state index contributed by atoms with van der Waals surface area (Å²) in [6.45, 7) is 0.365. The summed E-state index contributed by atoms with van der Waals surface area (Å²) in [5.41, 5.74) is -1.00. The molecule has 6 rings (SSSR count).